The van der Waals surface area contributed by atoms with Crippen molar-refractivity contribution in [2.75, 3.05) is 18.1 Å². The molecular weight excluding hydrogens is 416 g/mol. The fourth-order valence-corrected chi connectivity index (χ4v) is 4.02. The predicted octanol–water partition coefficient (Wildman–Crippen LogP) is 6.98. The van der Waals surface area contributed by atoms with Crippen LogP contribution in [-0.4, -0.2) is 18.4 Å². The zero-order valence-electron chi connectivity index (χ0n) is 19.2. The van der Waals surface area contributed by atoms with Crippen molar-refractivity contribution in [3.8, 4) is 0 Å². The number of nitrogens with zero attached hydrogens (tertiary/aromatic N) is 1. The van der Waals surface area contributed by atoms with Crippen molar-refractivity contribution in [1.82, 2.24) is 0 Å². The topological polar surface area (TPSA) is 74.3 Å². The molecule has 1 unspecified atom stereocenters. The van der Waals surface area contributed by atoms with E-state index in [9.17, 15) is 0 Å². The summed E-state index contributed by atoms with van der Waals surface area (Å²) in [7, 11) is 1.95. The number of benzene rings is 3. The van der Waals surface area contributed by atoms with Gasteiger partial charge in [-0.25, -0.2) is 0 Å². The third-order valence-electron chi connectivity index (χ3n) is 5.76. The fraction of sp³-hybridized carbons (Fsp3) is 0.259. The van der Waals surface area contributed by atoms with Gasteiger partial charge in [0, 0.05) is 30.2 Å². The summed E-state index contributed by atoms with van der Waals surface area (Å²) in [6.07, 6.45) is 3.57. The average Bonchev–Trinajstić information content (AvgIpc) is 2.76. The first-order valence-electron chi connectivity index (χ1n) is 10.8. The molecule has 3 aromatic carbocycles. The van der Waals surface area contributed by atoms with Crippen LogP contribution in [0.5, 0.6) is 0 Å². The summed E-state index contributed by atoms with van der Waals surface area (Å²) < 4.78 is 0. The third-order valence-corrected chi connectivity index (χ3v) is 5.96. The molecule has 0 spiro atoms. The molecule has 0 aliphatic rings. The molecule has 3 aromatic rings. The van der Waals surface area contributed by atoms with Crippen molar-refractivity contribution in [1.29, 1.82) is 5.41 Å². The molecule has 5 heteroatoms. The molecular formula is C27H31ClN4. The fourth-order valence-electron chi connectivity index (χ4n) is 3.87. The van der Waals surface area contributed by atoms with Crippen LogP contribution in [0.15, 0.2) is 59.6 Å². The summed E-state index contributed by atoms with van der Waals surface area (Å²) in [5.41, 5.74) is 15.3. The maximum Gasteiger partial charge on any atom is 0.130 e. The minimum atomic E-state index is 0.0111. The molecule has 166 valence electrons. The van der Waals surface area contributed by atoms with Gasteiger partial charge in [-0.05, 0) is 85.2 Å². The maximum absolute atomic E-state index is 7.80. The lowest BCUT2D eigenvalue weighted by atomic mass is 9.92. The largest absolute Gasteiger partial charge is 0.399 e. The van der Waals surface area contributed by atoms with Crippen LogP contribution in [0, 0.1) is 19.3 Å². The van der Waals surface area contributed by atoms with Crippen molar-refractivity contribution in [3.63, 3.8) is 0 Å². The van der Waals surface area contributed by atoms with Crippen LogP contribution in [0.3, 0.4) is 0 Å². The van der Waals surface area contributed by atoms with Crippen molar-refractivity contribution < 1.29 is 0 Å². The van der Waals surface area contributed by atoms with Crippen LogP contribution in [0.25, 0.3) is 0 Å². The van der Waals surface area contributed by atoms with Gasteiger partial charge in [0.1, 0.15) is 5.17 Å². The van der Waals surface area contributed by atoms with Crippen LogP contribution >= 0.6 is 11.6 Å². The molecule has 0 aliphatic carbocycles. The SMILES string of the molecule is CNc1ccc(Cc2ccc(N)cc2C)cc1C(C)C/C=N\c1ccc(C)cc1C(=N)Cl. The molecule has 3 rings (SSSR count). The zero-order chi connectivity index (χ0) is 23.3. The minimum absolute atomic E-state index is 0.0111. The number of aryl methyl sites for hydroxylation is 2. The second kappa shape index (κ2) is 10.5. The summed E-state index contributed by atoms with van der Waals surface area (Å²) >= 11 is 5.96. The molecule has 0 radical (unpaired) electrons. The van der Waals surface area contributed by atoms with Gasteiger partial charge in [0.2, 0.25) is 0 Å². The van der Waals surface area contributed by atoms with Gasteiger partial charge in [-0.2, -0.15) is 0 Å². The molecule has 0 saturated carbocycles. The van der Waals surface area contributed by atoms with Gasteiger partial charge < -0.3 is 11.1 Å². The van der Waals surface area contributed by atoms with Crippen LogP contribution in [0.2, 0.25) is 0 Å². The quantitative estimate of drug-likeness (QED) is 0.258. The third kappa shape index (κ3) is 5.77. The molecule has 0 aromatic heterocycles. The highest BCUT2D eigenvalue weighted by molar-refractivity contribution is 6.69. The van der Waals surface area contributed by atoms with Crippen molar-refractivity contribution in [3.05, 3.63) is 88.0 Å². The average molecular weight is 447 g/mol. The monoisotopic (exact) mass is 446 g/mol. The minimum Gasteiger partial charge on any atom is -0.399 e. The summed E-state index contributed by atoms with van der Waals surface area (Å²) in [5, 5.41) is 11.1. The van der Waals surface area contributed by atoms with Crippen LogP contribution < -0.4 is 11.1 Å². The van der Waals surface area contributed by atoms with Crippen molar-refractivity contribution in [2.24, 2.45) is 4.99 Å². The molecule has 0 heterocycles. The molecule has 0 fully saturated rings. The van der Waals surface area contributed by atoms with E-state index in [1.807, 2.05) is 50.5 Å². The highest BCUT2D eigenvalue weighted by atomic mass is 35.5. The zero-order valence-corrected chi connectivity index (χ0v) is 19.9. The molecule has 4 N–H and O–H groups in total. The van der Waals surface area contributed by atoms with Gasteiger partial charge in [-0.1, -0.05) is 48.4 Å². The Kier molecular flexibility index (Phi) is 7.70. The van der Waals surface area contributed by atoms with E-state index >= 15 is 0 Å². The van der Waals surface area contributed by atoms with Gasteiger partial charge in [0.25, 0.3) is 0 Å². The first kappa shape index (κ1) is 23.6. The molecule has 0 aliphatic heterocycles. The van der Waals surface area contributed by atoms with E-state index < -0.39 is 0 Å². The number of hydrogen-bond donors (Lipinski definition) is 3. The van der Waals surface area contributed by atoms with Crippen LogP contribution in [0.4, 0.5) is 17.1 Å². The van der Waals surface area contributed by atoms with Gasteiger partial charge in [0.15, 0.2) is 0 Å². The Morgan fingerprint density at radius 2 is 1.91 bits per heavy atom. The molecule has 32 heavy (non-hydrogen) atoms. The van der Waals surface area contributed by atoms with Gasteiger partial charge in [-0.3, -0.25) is 10.4 Å². The number of aliphatic imine (C=N–C) groups is 1. The van der Waals surface area contributed by atoms with E-state index in [0.717, 1.165) is 35.5 Å². The summed E-state index contributed by atoms with van der Waals surface area (Å²) in [4.78, 5) is 4.62. The van der Waals surface area contributed by atoms with E-state index in [0.29, 0.717) is 5.56 Å². The lowest BCUT2D eigenvalue weighted by Gasteiger charge is -2.17. The van der Waals surface area contributed by atoms with Crippen molar-refractivity contribution >= 4 is 40.0 Å². The molecule has 4 nitrogen and oxygen atoms in total. The Labute approximate surface area is 196 Å². The van der Waals surface area contributed by atoms with Crippen LogP contribution in [0.1, 0.15) is 52.6 Å². The Hall–Kier alpha value is -3.11. The Balaban J connectivity index is 1.80. The molecule has 0 amide bonds. The summed E-state index contributed by atoms with van der Waals surface area (Å²) in [5.74, 6) is 0.276. The second-order valence-corrected chi connectivity index (χ2v) is 8.70. The van der Waals surface area contributed by atoms with Crippen molar-refractivity contribution in [2.45, 2.75) is 39.5 Å². The Morgan fingerprint density at radius 1 is 1.12 bits per heavy atom. The number of anilines is 2. The Bertz CT molecular complexity index is 1150. The number of nitrogen functional groups attached to an aromatic ring is 1. The second-order valence-electron chi connectivity index (χ2n) is 8.32. The van der Waals surface area contributed by atoms with E-state index in [4.69, 9.17) is 22.7 Å². The normalized spacial score (nSPS) is 12.2. The lowest BCUT2D eigenvalue weighted by Crippen LogP contribution is -2.03. The lowest BCUT2D eigenvalue weighted by molar-refractivity contribution is 0.812. The Morgan fingerprint density at radius 3 is 2.59 bits per heavy atom. The number of nitrogens with one attached hydrogen (secondary N) is 2. The standard InChI is InChI=1S/C27H31ClN4/c1-17-5-9-26(24(13-17)27(28)30)32-12-11-18(2)23-16-20(6-10-25(23)31-4)15-21-7-8-22(29)14-19(21)3/h5-10,12-14,16,18,30-31H,11,15,29H2,1-4H3/b30-27?,32-12-. The number of nitrogens with two attached hydrogens (primary N) is 1. The first-order chi connectivity index (χ1) is 15.3. The predicted molar refractivity (Wildman–Crippen MR) is 139 cm³/mol. The van der Waals surface area contributed by atoms with Crippen LogP contribution in [-0.2, 0) is 6.42 Å². The van der Waals surface area contributed by atoms with E-state index in [1.165, 1.54) is 22.3 Å². The maximum atomic E-state index is 7.80. The number of hydrogen-bond acceptors (Lipinski definition) is 4. The van der Waals surface area contributed by atoms with Gasteiger partial charge >= 0.3 is 0 Å². The smallest absolute Gasteiger partial charge is 0.130 e. The molecule has 0 bridgehead atoms. The summed E-state index contributed by atoms with van der Waals surface area (Å²) in [6.45, 7) is 6.30. The van der Waals surface area contributed by atoms with E-state index in [2.05, 4.69) is 48.4 Å². The molecule has 0 saturated heterocycles. The highest BCUT2D eigenvalue weighted by Crippen LogP contribution is 2.29. The number of rotatable bonds is 8. The summed E-state index contributed by atoms with van der Waals surface area (Å²) in [6, 6.07) is 18.5. The van der Waals surface area contributed by atoms with E-state index in [-0.39, 0.29) is 11.1 Å². The van der Waals surface area contributed by atoms with Gasteiger partial charge in [-0.15, -0.1) is 0 Å². The molecule has 1 atom stereocenters. The highest BCUT2D eigenvalue weighted by Gasteiger charge is 2.12. The van der Waals surface area contributed by atoms with E-state index in [1.54, 1.807) is 0 Å². The van der Waals surface area contributed by atoms with Gasteiger partial charge in [0.05, 0.1) is 5.69 Å². The first-order valence-corrected chi connectivity index (χ1v) is 11.2. The number of halogens is 1.